The molecule has 0 fully saturated rings. The van der Waals surface area contributed by atoms with E-state index in [-0.39, 0.29) is 21.5 Å². The molecule has 2 aromatic heterocycles. The molecule has 2 heterocycles. The Hall–Kier alpha value is -4.28. The van der Waals surface area contributed by atoms with Crippen molar-refractivity contribution in [2.75, 3.05) is 0 Å². The summed E-state index contributed by atoms with van der Waals surface area (Å²) in [5, 5.41) is 19.5. The normalized spacial score (nSPS) is 10.9. The molecule has 5 aromatic rings. The third-order valence-corrected chi connectivity index (χ3v) is 7.02. The van der Waals surface area contributed by atoms with Crippen LogP contribution in [-0.4, -0.2) is 20.2 Å². The number of aromatic amines is 2. The lowest BCUT2D eigenvalue weighted by Gasteiger charge is -2.09. The topological polar surface area (TPSA) is 125 Å². The Morgan fingerprint density at radius 2 is 0.861 bits per heavy atom. The molecule has 0 unspecified atom stereocenters. The second-order valence-corrected chi connectivity index (χ2v) is 10.0. The molecule has 0 atom stereocenters. The smallest absolute Gasteiger partial charge is 0.307 e. The van der Waals surface area contributed by atoms with Gasteiger partial charge in [0.2, 0.25) is 11.8 Å². The zero-order valence-electron chi connectivity index (χ0n) is 18.7. The van der Waals surface area contributed by atoms with E-state index in [2.05, 4.69) is 9.97 Å². The van der Waals surface area contributed by atoms with Crippen molar-refractivity contribution < 1.29 is 19.7 Å². The van der Waals surface area contributed by atoms with Gasteiger partial charge in [-0.1, -0.05) is 46.9 Å². The van der Waals surface area contributed by atoms with Gasteiger partial charge in [0.1, 0.15) is 23.0 Å². The van der Waals surface area contributed by atoms with Gasteiger partial charge in [0.05, 0.1) is 9.75 Å². The van der Waals surface area contributed by atoms with Crippen molar-refractivity contribution in [2.45, 2.75) is 12.8 Å². The van der Waals surface area contributed by atoms with Gasteiger partial charge in [0.25, 0.3) is 0 Å². The van der Waals surface area contributed by atoms with Crippen LogP contribution in [0.3, 0.4) is 0 Å². The van der Waals surface area contributed by atoms with Crippen molar-refractivity contribution in [1.29, 1.82) is 0 Å². The largest absolute Gasteiger partial charge is 0.494 e. The molecule has 0 radical (unpaired) electrons. The molecule has 0 aliphatic heterocycles. The van der Waals surface area contributed by atoms with Crippen LogP contribution >= 0.6 is 22.7 Å². The molecule has 8 nitrogen and oxygen atoms in total. The zero-order valence-corrected chi connectivity index (χ0v) is 20.3. The van der Waals surface area contributed by atoms with Gasteiger partial charge < -0.3 is 19.7 Å². The lowest BCUT2D eigenvalue weighted by atomic mass is 10.1. The van der Waals surface area contributed by atoms with Crippen LogP contribution in [0.25, 0.3) is 0 Å². The zero-order chi connectivity index (χ0) is 25.1. The monoisotopic (exact) mass is 520 g/mol. The predicted octanol–water partition coefficient (Wildman–Crippen LogP) is 5.36. The van der Waals surface area contributed by atoms with Crippen LogP contribution in [0, 0.1) is 0 Å². The molecule has 0 saturated carbocycles. The Morgan fingerprint density at radius 1 is 0.556 bits per heavy atom. The maximum Gasteiger partial charge on any atom is 0.307 e. The number of nitrogens with one attached hydrogen (secondary N) is 2. The molecular formula is C26H20N2O6S2. The summed E-state index contributed by atoms with van der Waals surface area (Å²) in [6.07, 6.45) is 0.914. The summed E-state index contributed by atoms with van der Waals surface area (Å²) in [5.41, 5.74) is 1.90. The van der Waals surface area contributed by atoms with Gasteiger partial charge in [-0.15, -0.1) is 0 Å². The molecular weight excluding hydrogens is 500 g/mol. The van der Waals surface area contributed by atoms with Gasteiger partial charge in [-0.2, -0.15) is 0 Å². The highest BCUT2D eigenvalue weighted by Gasteiger charge is 2.09. The Balaban J connectivity index is 1.17. The number of aromatic hydroxyl groups is 2. The van der Waals surface area contributed by atoms with Crippen LogP contribution in [0.1, 0.15) is 20.9 Å². The highest BCUT2D eigenvalue weighted by atomic mass is 32.1. The van der Waals surface area contributed by atoms with E-state index in [0.29, 0.717) is 45.6 Å². The number of rotatable bonds is 8. The summed E-state index contributed by atoms with van der Waals surface area (Å²) in [6, 6.07) is 22.1. The summed E-state index contributed by atoms with van der Waals surface area (Å²) in [4.78, 5) is 28.0. The van der Waals surface area contributed by atoms with Crippen molar-refractivity contribution in [1.82, 2.24) is 9.97 Å². The molecule has 0 amide bonds. The average molecular weight is 521 g/mol. The molecule has 0 bridgehead atoms. The molecule has 0 spiro atoms. The molecule has 0 aliphatic rings. The summed E-state index contributed by atoms with van der Waals surface area (Å²) >= 11 is 1.99. The van der Waals surface area contributed by atoms with Crippen LogP contribution in [0.15, 0.2) is 82.4 Å². The third-order valence-electron chi connectivity index (χ3n) is 5.27. The van der Waals surface area contributed by atoms with Crippen LogP contribution in [0.4, 0.5) is 0 Å². The first kappa shape index (κ1) is 23.5. The third kappa shape index (κ3) is 5.68. The predicted molar refractivity (Wildman–Crippen MR) is 138 cm³/mol. The molecule has 0 aliphatic carbocycles. The Labute approximate surface area is 212 Å². The number of thiazole rings is 2. The summed E-state index contributed by atoms with van der Waals surface area (Å²) < 4.78 is 11.8. The Morgan fingerprint density at radius 3 is 1.14 bits per heavy atom. The standard InChI is InChI=1S/C26H20N2O6S2/c29-23-21(35-25(31)27-23)13-15-1-5-17(6-2-15)33-19-9-11-20(12-10-19)34-18-7-3-16(4-8-18)14-22-24(30)28-26(32)36-22/h1-12,29-30H,13-14H2,(H,27,31)(H,28,32). The van der Waals surface area contributed by atoms with E-state index in [0.717, 1.165) is 33.8 Å². The van der Waals surface area contributed by atoms with E-state index >= 15 is 0 Å². The van der Waals surface area contributed by atoms with Crippen LogP contribution < -0.4 is 19.2 Å². The number of H-pyrrole nitrogens is 2. The van der Waals surface area contributed by atoms with E-state index in [1.807, 2.05) is 72.8 Å². The van der Waals surface area contributed by atoms with Gasteiger partial charge >= 0.3 is 9.75 Å². The summed E-state index contributed by atoms with van der Waals surface area (Å²) in [5.74, 6) is 2.45. The molecule has 36 heavy (non-hydrogen) atoms. The molecule has 0 saturated heterocycles. The molecule has 5 rings (SSSR count). The van der Waals surface area contributed by atoms with Crippen molar-refractivity contribution in [3.05, 3.63) is 113 Å². The number of ether oxygens (including phenoxy) is 2. The minimum absolute atomic E-state index is 0.0834. The molecule has 4 N–H and O–H groups in total. The minimum Gasteiger partial charge on any atom is -0.494 e. The first-order valence-corrected chi connectivity index (χ1v) is 12.5. The average Bonchev–Trinajstić information content (AvgIpc) is 3.35. The summed E-state index contributed by atoms with van der Waals surface area (Å²) in [6.45, 7) is 0. The van der Waals surface area contributed by atoms with Crippen LogP contribution in [0.5, 0.6) is 34.8 Å². The van der Waals surface area contributed by atoms with Gasteiger partial charge in [0.15, 0.2) is 0 Å². The van der Waals surface area contributed by atoms with Crippen LogP contribution in [0.2, 0.25) is 0 Å². The van der Waals surface area contributed by atoms with Crippen molar-refractivity contribution in [3.63, 3.8) is 0 Å². The lowest BCUT2D eigenvalue weighted by molar-refractivity contribution is 0.450. The van der Waals surface area contributed by atoms with Crippen molar-refractivity contribution >= 4 is 22.7 Å². The van der Waals surface area contributed by atoms with Gasteiger partial charge in [-0.3, -0.25) is 19.6 Å². The van der Waals surface area contributed by atoms with Crippen LogP contribution in [-0.2, 0) is 12.8 Å². The first-order valence-electron chi connectivity index (χ1n) is 10.9. The van der Waals surface area contributed by atoms with Gasteiger partial charge in [-0.25, -0.2) is 0 Å². The Bertz CT molecular complexity index is 1460. The van der Waals surface area contributed by atoms with E-state index in [1.165, 1.54) is 0 Å². The Kier molecular flexibility index (Phi) is 6.61. The maximum absolute atomic E-state index is 11.3. The number of hydrogen-bond donors (Lipinski definition) is 4. The maximum atomic E-state index is 11.3. The number of benzene rings is 3. The van der Waals surface area contributed by atoms with Crippen molar-refractivity contribution in [3.8, 4) is 34.8 Å². The second kappa shape index (κ2) is 10.1. The summed E-state index contributed by atoms with van der Waals surface area (Å²) in [7, 11) is 0. The molecule has 3 aromatic carbocycles. The van der Waals surface area contributed by atoms with E-state index in [4.69, 9.17) is 9.47 Å². The van der Waals surface area contributed by atoms with Gasteiger partial charge in [-0.05, 0) is 59.7 Å². The van der Waals surface area contributed by atoms with Crippen molar-refractivity contribution in [2.24, 2.45) is 0 Å². The van der Waals surface area contributed by atoms with E-state index in [9.17, 15) is 19.8 Å². The fourth-order valence-electron chi connectivity index (χ4n) is 3.51. The quantitative estimate of drug-likeness (QED) is 0.218. The highest BCUT2D eigenvalue weighted by molar-refractivity contribution is 7.09. The lowest BCUT2D eigenvalue weighted by Crippen LogP contribution is -1.89. The first-order chi connectivity index (χ1) is 17.4. The molecule has 10 heteroatoms. The molecule has 182 valence electrons. The highest BCUT2D eigenvalue weighted by Crippen LogP contribution is 2.29. The second-order valence-electron chi connectivity index (χ2n) is 7.89. The number of hydrogen-bond acceptors (Lipinski definition) is 8. The fourth-order valence-corrected chi connectivity index (χ4v) is 5.03. The van der Waals surface area contributed by atoms with Gasteiger partial charge in [0, 0.05) is 12.8 Å². The number of aromatic nitrogens is 2. The van der Waals surface area contributed by atoms with E-state index in [1.54, 1.807) is 0 Å². The fraction of sp³-hybridized carbons (Fsp3) is 0.0769. The van der Waals surface area contributed by atoms with E-state index < -0.39 is 0 Å². The minimum atomic E-state index is -0.277. The SMILES string of the molecule is O=c1[nH]c(O)c(Cc2ccc(Oc3ccc(Oc4ccc(Cc5sc(=O)[nH]c5O)cc4)cc3)cc2)s1.